The molecule has 1 aromatic heterocycles. The molecule has 0 saturated heterocycles. The first-order valence-corrected chi connectivity index (χ1v) is 7.10. The maximum atomic E-state index is 11.3. The van der Waals surface area contributed by atoms with E-state index in [1.807, 2.05) is 6.92 Å². The average Bonchev–Trinajstić information content (AvgIpc) is 2.84. The van der Waals surface area contributed by atoms with Gasteiger partial charge in [0.15, 0.2) is 0 Å². The minimum absolute atomic E-state index is 0.0172. The van der Waals surface area contributed by atoms with Crippen LogP contribution in [-0.4, -0.2) is 18.6 Å². The number of H-pyrrole nitrogens is 1. The number of nitrogens with zero attached hydrogens (tertiary/aromatic N) is 1. The molecule has 6 N–H and O–H groups in total. The predicted molar refractivity (Wildman–Crippen MR) is 72.9 cm³/mol. The number of anilines is 2. The van der Waals surface area contributed by atoms with Crippen LogP contribution in [0.3, 0.4) is 0 Å². The van der Waals surface area contributed by atoms with Crippen LogP contribution in [0.25, 0.3) is 0 Å². The van der Waals surface area contributed by atoms with Gasteiger partial charge in [0.25, 0.3) is 0 Å². The fraction of sp³-hybridized carbons (Fsp3) is 0.182. The number of nitrogens with one attached hydrogen (secondary N) is 2. The van der Waals surface area contributed by atoms with Crippen molar-refractivity contribution in [2.24, 2.45) is 5.14 Å². The van der Waals surface area contributed by atoms with Crippen LogP contribution in [0.15, 0.2) is 35.5 Å². The van der Waals surface area contributed by atoms with E-state index in [-0.39, 0.29) is 10.9 Å². The van der Waals surface area contributed by atoms with Gasteiger partial charge in [-0.3, -0.25) is 5.10 Å². The molecule has 0 aliphatic rings. The molecule has 0 fully saturated rings. The zero-order valence-electron chi connectivity index (χ0n) is 10.3. The maximum absolute atomic E-state index is 11.3. The Morgan fingerprint density at radius 3 is 2.74 bits per heavy atom. The monoisotopic (exact) mass is 281 g/mol. The lowest BCUT2D eigenvalue weighted by atomic mass is 10.1. The molecule has 1 aromatic carbocycles. The summed E-state index contributed by atoms with van der Waals surface area (Å²) in [7, 11) is -3.75. The van der Waals surface area contributed by atoms with Crippen LogP contribution in [0.2, 0.25) is 0 Å². The first-order chi connectivity index (χ1) is 8.88. The molecule has 1 atom stereocenters. The van der Waals surface area contributed by atoms with Crippen molar-refractivity contribution < 1.29 is 8.42 Å². The summed E-state index contributed by atoms with van der Waals surface area (Å²) in [5.41, 5.74) is 7.70. The van der Waals surface area contributed by atoms with Gasteiger partial charge in [-0.15, -0.1) is 0 Å². The molecule has 0 bridgehead atoms. The van der Waals surface area contributed by atoms with Crippen molar-refractivity contribution in [2.75, 3.05) is 11.1 Å². The molecule has 1 unspecified atom stereocenters. The third kappa shape index (κ3) is 3.04. The molecule has 1 heterocycles. The second kappa shape index (κ2) is 4.90. The molecule has 0 radical (unpaired) electrons. The van der Waals surface area contributed by atoms with Crippen LogP contribution >= 0.6 is 0 Å². The van der Waals surface area contributed by atoms with E-state index in [0.717, 1.165) is 5.56 Å². The minimum atomic E-state index is -3.75. The summed E-state index contributed by atoms with van der Waals surface area (Å²) in [4.78, 5) is 0.0172. The summed E-state index contributed by atoms with van der Waals surface area (Å²) in [6, 6.07) is 4.22. The number of sulfonamides is 1. The molecule has 0 saturated carbocycles. The maximum Gasteiger partial charge on any atom is 0.238 e. The number of aromatic amines is 1. The van der Waals surface area contributed by atoms with Crippen LogP contribution in [0, 0.1) is 0 Å². The Hall–Kier alpha value is -2.06. The van der Waals surface area contributed by atoms with Crippen LogP contribution in [0.5, 0.6) is 0 Å². The van der Waals surface area contributed by atoms with Gasteiger partial charge in [-0.1, -0.05) is 0 Å². The Bertz CT molecular complexity index is 666. The highest BCUT2D eigenvalue weighted by molar-refractivity contribution is 7.89. The highest BCUT2D eigenvalue weighted by Gasteiger charge is 2.13. The van der Waals surface area contributed by atoms with Crippen LogP contribution < -0.4 is 16.2 Å². The molecule has 2 rings (SSSR count). The molecule has 8 heteroatoms. The Balaban J connectivity index is 2.30. The summed E-state index contributed by atoms with van der Waals surface area (Å²) in [5, 5.41) is 14.8. The summed E-state index contributed by atoms with van der Waals surface area (Å²) < 4.78 is 22.6. The Kier molecular flexibility index (Phi) is 3.45. The normalized spacial score (nSPS) is 13.2. The number of hydrogen-bond acceptors (Lipinski definition) is 5. The van der Waals surface area contributed by atoms with Gasteiger partial charge in [0, 0.05) is 11.8 Å². The van der Waals surface area contributed by atoms with Gasteiger partial charge < -0.3 is 11.1 Å². The number of rotatable bonds is 4. The van der Waals surface area contributed by atoms with Crippen LogP contribution in [-0.2, 0) is 10.0 Å². The Morgan fingerprint density at radius 1 is 1.42 bits per heavy atom. The molecule has 0 aliphatic heterocycles. The third-order valence-corrected chi connectivity index (χ3v) is 3.66. The quantitative estimate of drug-likeness (QED) is 0.617. The average molecular weight is 281 g/mol. The van der Waals surface area contributed by atoms with Crippen molar-refractivity contribution in [1.29, 1.82) is 0 Å². The lowest BCUT2D eigenvalue weighted by molar-refractivity contribution is 0.598. The van der Waals surface area contributed by atoms with Gasteiger partial charge in [-0.05, 0) is 25.1 Å². The summed E-state index contributed by atoms with van der Waals surface area (Å²) in [5.74, 6) is 0. The first kappa shape index (κ1) is 13.4. The Morgan fingerprint density at radius 2 is 2.16 bits per heavy atom. The topological polar surface area (TPSA) is 127 Å². The molecule has 2 aromatic rings. The van der Waals surface area contributed by atoms with E-state index in [1.54, 1.807) is 12.4 Å². The second-order valence-electron chi connectivity index (χ2n) is 4.19. The smallest absolute Gasteiger partial charge is 0.238 e. The Labute approximate surface area is 111 Å². The van der Waals surface area contributed by atoms with Gasteiger partial charge in [0.1, 0.15) is 0 Å². The highest BCUT2D eigenvalue weighted by atomic mass is 32.2. The van der Waals surface area contributed by atoms with E-state index in [1.165, 1.54) is 18.2 Å². The van der Waals surface area contributed by atoms with Gasteiger partial charge in [-0.2, -0.15) is 5.10 Å². The molecular weight excluding hydrogens is 266 g/mol. The van der Waals surface area contributed by atoms with E-state index in [2.05, 4.69) is 15.5 Å². The first-order valence-electron chi connectivity index (χ1n) is 5.55. The largest absolute Gasteiger partial charge is 0.397 e. The number of nitrogen functional groups attached to an aromatic ring is 1. The zero-order chi connectivity index (χ0) is 14.0. The van der Waals surface area contributed by atoms with Gasteiger partial charge >= 0.3 is 0 Å². The molecular formula is C11H15N5O2S. The molecule has 102 valence electrons. The molecule has 19 heavy (non-hydrogen) atoms. The van der Waals surface area contributed by atoms with Gasteiger partial charge in [0.05, 0.1) is 28.5 Å². The van der Waals surface area contributed by atoms with Crippen molar-refractivity contribution in [1.82, 2.24) is 10.2 Å². The second-order valence-corrected chi connectivity index (χ2v) is 5.75. The van der Waals surface area contributed by atoms with Crippen LogP contribution in [0.1, 0.15) is 18.5 Å². The number of benzene rings is 1. The number of hydrogen-bond donors (Lipinski definition) is 4. The SMILES string of the molecule is CC(Nc1cc(S(N)(=O)=O)ccc1N)c1cn[nH]c1. The van der Waals surface area contributed by atoms with Crippen molar-refractivity contribution in [3.8, 4) is 0 Å². The van der Waals surface area contributed by atoms with E-state index in [9.17, 15) is 8.42 Å². The van der Waals surface area contributed by atoms with E-state index >= 15 is 0 Å². The number of primary sulfonamides is 1. The predicted octanol–water partition coefficient (Wildman–Crippen LogP) is 0.812. The van der Waals surface area contributed by atoms with Gasteiger partial charge in [-0.25, -0.2) is 13.6 Å². The molecule has 0 spiro atoms. The van der Waals surface area contributed by atoms with Crippen molar-refractivity contribution in [3.63, 3.8) is 0 Å². The molecule has 0 amide bonds. The molecule has 0 aliphatic carbocycles. The van der Waals surface area contributed by atoms with Crippen LogP contribution in [0.4, 0.5) is 11.4 Å². The zero-order valence-corrected chi connectivity index (χ0v) is 11.1. The summed E-state index contributed by atoms with van der Waals surface area (Å²) in [6.45, 7) is 1.91. The number of nitrogens with two attached hydrogens (primary N) is 2. The lowest BCUT2D eigenvalue weighted by Crippen LogP contribution is -2.14. The van der Waals surface area contributed by atoms with Crippen molar-refractivity contribution in [3.05, 3.63) is 36.2 Å². The standard InChI is InChI=1S/C11H15N5O2S/c1-7(8-5-14-15-6-8)16-11-4-9(19(13,17)18)2-3-10(11)12/h2-7,16H,12H2,1H3,(H,14,15)(H2,13,17,18). The van der Waals surface area contributed by atoms with E-state index in [4.69, 9.17) is 10.9 Å². The van der Waals surface area contributed by atoms with Crippen molar-refractivity contribution in [2.45, 2.75) is 17.9 Å². The van der Waals surface area contributed by atoms with Gasteiger partial charge in [0.2, 0.25) is 10.0 Å². The molecule has 7 nitrogen and oxygen atoms in total. The van der Waals surface area contributed by atoms with Crippen molar-refractivity contribution >= 4 is 21.4 Å². The van der Waals surface area contributed by atoms with E-state index < -0.39 is 10.0 Å². The minimum Gasteiger partial charge on any atom is -0.397 e. The fourth-order valence-electron chi connectivity index (χ4n) is 1.65. The van der Waals surface area contributed by atoms with E-state index in [0.29, 0.717) is 11.4 Å². The summed E-state index contributed by atoms with van der Waals surface area (Å²) >= 11 is 0. The number of aromatic nitrogens is 2. The fourth-order valence-corrected chi connectivity index (χ4v) is 2.19. The highest BCUT2D eigenvalue weighted by Crippen LogP contribution is 2.26. The lowest BCUT2D eigenvalue weighted by Gasteiger charge is -2.16. The third-order valence-electron chi connectivity index (χ3n) is 2.74. The summed E-state index contributed by atoms with van der Waals surface area (Å²) in [6.07, 6.45) is 3.43.